The molecule has 1 aliphatic heterocycles. The highest BCUT2D eigenvalue weighted by molar-refractivity contribution is 7.92. The number of unbranched alkanes of at least 4 members (excludes halogenated alkanes) is 2. The standard InChI is InChI=1S/C12H24N2O3S/c1-2-3-4-8-18(16,17)10-12(15)14-9-11-6-5-7-13-11/h11,13H,2-10H2,1H3,(H,14,15). The van der Waals surface area contributed by atoms with Crippen LogP contribution in [0.3, 0.4) is 0 Å². The fourth-order valence-corrected chi connectivity index (χ4v) is 3.35. The molecule has 106 valence electrons. The van der Waals surface area contributed by atoms with Crippen molar-refractivity contribution in [2.75, 3.05) is 24.6 Å². The minimum absolute atomic E-state index is 0.121. The van der Waals surface area contributed by atoms with Crippen LogP contribution < -0.4 is 10.6 Å². The Morgan fingerprint density at radius 1 is 1.39 bits per heavy atom. The monoisotopic (exact) mass is 276 g/mol. The van der Waals surface area contributed by atoms with E-state index in [9.17, 15) is 13.2 Å². The molecule has 0 spiro atoms. The first-order valence-electron chi connectivity index (χ1n) is 6.74. The van der Waals surface area contributed by atoms with Crippen molar-refractivity contribution >= 4 is 15.7 Å². The van der Waals surface area contributed by atoms with Gasteiger partial charge in [0.2, 0.25) is 5.91 Å². The van der Waals surface area contributed by atoms with Gasteiger partial charge in [-0.05, 0) is 25.8 Å². The third kappa shape index (κ3) is 6.35. The fourth-order valence-electron chi connectivity index (χ4n) is 2.06. The van der Waals surface area contributed by atoms with Gasteiger partial charge in [0.05, 0.1) is 5.75 Å². The molecule has 0 aromatic rings. The van der Waals surface area contributed by atoms with Crippen LogP contribution in [0.25, 0.3) is 0 Å². The van der Waals surface area contributed by atoms with E-state index in [2.05, 4.69) is 10.6 Å². The highest BCUT2D eigenvalue weighted by Crippen LogP contribution is 2.03. The maximum Gasteiger partial charge on any atom is 0.235 e. The average Bonchev–Trinajstić information content (AvgIpc) is 2.78. The van der Waals surface area contributed by atoms with Crippen molar-refractivity contribution in [3.05, 3.63) is 0 Å². The smallest absolute Gasteiger partial charge is 0.235 e. The number of hydrogen-bond donors (Lipinski definition) is 2. The van der Waals surface area contributed by atoms with Gasteiger partial charge in [0.15, 0.2) is 9.84 Å². The predicted octanol–water partition coefficient (Wildman–Crippen LogP) is 0.460. The third-order valence-electron chi connectivity index (χ3n) is 3.12. The minimum Gasteiger partial charge on any atom is -0.354 e. The quantitative estimate of drug-likeness (QED) is 0.632. The minimum atomic E-state index is -3.23. The van der Waals surface area contributed by atoms with Crippen molar-refractivity contribution in [2.24, 2.45) is 0 Å². The maximum atomic E-state index is 11.6. The summed E-state index contributed by atoms with van der Waals surface area (Å²) >= 11 is 0. The topological polar surface area (TPSA) is 75.3 Å². The second kappa shape index (κ2) is 7.74. The van der Waals surface area contributed by atoms with Crippen molar-refractivity contribution < 1.29 is 13.2 Å². The van der Waals surface area contributed by atoms with Gasteiger partial charge < -0.3 is 10.6 Å². The molecule has 0 bridgehead atoms. The second-order valence-electron chi connectivity index (χ2n) is 4.90. The van der Waals surface area contributed by atoms with E-state index in [0.717, 1.165) is 32.2 Å². The Morgan fingerprint density at radius 2 is 2.17 bits per heavy atom. The Hall–Kier alpha value is -0.620. The molecule has 2 N–H and O–H groups in total. The van der Waals surface area contributed by atoms with E-state index in [1.165, 1.54) is 0 Å². The molecule has 0 radical (unpaired) electrons. The number of hydrogen-bond acceptors (Lipinski definition) is 4. The molecule has 1 heterocycles. The number of nitrogens with one attached hydrogen (secondary N) is 2. The molecule has 0 aromatic carbocycles. The van der Waals surface area contributed by atoms with Crippen LogP contribution in [0.4, 0.5) is 0 Å². The largest absolute Gasteiger partial charge is 0.354 e. The normalized spacial score (nSPS) is 19.9. The van der Waals surface area contributed by atoms with Crippen molar-refractivity contribution in [3.63, 3.8) is 0 Å². The third-order valence-corrected chi connectivity index (χ3v) is 4.73. The van der Waals surface area contributed by atoms with Gasteiger partial charge in [0, 0.05) is 12.6 Å². The van der Waals surface area contributed by atoms with Crippen LogP contribution in [0.15, 0.2) is 0 Å². The molecule has 1 saturated heterocycles. The van der Waals surface area contributed by atoms with E-state index in [0.29, 0.717) is 19.0 Å². The van der Waals surface area contributed by atoms with Crippen molar-refractivity contribution in [1.82, 2.24) is 10.6 Å². The van der Waals surface area contributed by atoms with E-state index in [1.807, 2.05) is 6.92 Å². The Labute approximate surface area is 110 Å². The average molecular weight is 276 g/mol. The molecule has 6 heteroatoms. The predicted molar refractivity (Wildman–Crippen MR) is 72.2 cm³/mol. The van der Waals surface area contributed by atoms with Crippen LogP contribution in [-0.2, 0) is 14.6 Å². The zero-order valence-electron chi connectivity index (χ0n) is 11.1. The lowest BCUT2D eigenvalue weighted by molar-refractivity contribution is -0.118. The molecule has 1 atom stereocenters. The van der Waals surface area contributed by atoms with E-state index in [-0.39, 0.29) is 17.4 Å². The van der Waals surface area contributed by atoms with Gasteiger partial charge in [0.1, 0.15) is 5.75 Å². The molecule has 18 heavy (non-hydrogen) atoms. The zero-order valence-corrected chi connectivity index (χ0v) is 11.9. The molecule has 1 fully saturated rings. The lowest BCUT2D eigenvalue weighted by Crippen LogP contribution is -2.39. The van der Waals surface area contributed by atoms with Crippen molar-refractivity contribution in [2.45, 2.75) is 45.1 Å². The summed E-state index contributed by atoms with van der Waals surface area (Å²) in [5.74, 6) is -0.625. The van der Waals surface area contributed by atoms with Crippen LogP contribution >= 0.6 is 0 Å². The molecule has 0 saturated carbocycles. The second-order valence-corrected chi connectivity index (χ2v) is 7.08. The number of rotatable bonds is 8. The highest BCUT2D eigenvalue weighted by atomic mass is 32.2. The number of carbonyl (C=O) groups is 1. The Kier molecular flexibility index (Phi) is 6.63. The molecule has 1 amide bonds. The molecular formula is C12H24N2O3S. The van der Waals surface area contributed by atoms with Crippen LogP contribution in [-0.4, -0.2) is 45.0 Å². The summed E-state index contributed by atoms with van der Waals surface area (Å²) in [6.45, 7) is 3.53. The maximum absolute atomic E-state index is 11.6. The van der Waals surface area contributed by atoms with Crippen molar-refractivity contribution in [3.8, 4) is 0 Å². The Balaban J connectivity index is 2.21. The first kappa shape index (κ1) is 15.4. The van der Waals surface area contributed by atoms with Gasteiger partial charge >= 0.3 is 0 Å². The van der Waals surface area contributed by atoms with Crippen LogP contribution in [0, 0.1) is 0 Å². The van der Waals surface area contributed by atoms with E-state index >= 15 is 0 Å². The SMILES string of the molecule is CCCCCS(=O)(=O)CC(=O)NCC1CCCN1. The van der Waals surface area contributed by atoms with Gasteiger partial charge in [-0.2, -0.15) is 0 Å². The molecule has 1 unspecified atom stereocenters. The molecule has 0 aliphatic carbocycles. The van der Waals surface area contributed by atoms with Gasteiger partial charge in [-0.25, -0.2) is 8.42 Å². The highest BCUT2D eigenvalue weighted by Gasteiger charge is 2.18. The summed E-state index contributed by atoms with van der Waals surface area (Å²) in [5.41, 5.74) is 0. The first-order chi connectivity index (χ1) is 8.53. The van der Waals surface area contributed by atoms with E-state index in [4.69, 9.17) is 0 Å². The van der Waals surface area contributed by atoms with E-state index in [1.54, 1.807) is 0 Å². The lowest BCUT2D eigenvalue weighted by atomic mass is 10.2. The number of sulfone groups is 1. The van der Waals surface area contributed by atoms with Gasteiger partial charge in [0.25, 0.3) is 0 Å². The van der Waals surface area contributed by atoms with Crippen LogP contribution in [0.2, 0.25) is 0 Å². The molecular weight excluding hydrogens is 252 g/mol. The summed E-state index contributed by atoms with van der Waals surface area (Å²) < 4.78 is 23.3. The number of carbonyl (C=O) groups excluding carboxylic acids is 1. The summed E-state index contributed by atoms with van der Waals surface area (Å²) in [7, 11) is -3.23. The molecule has 5 nitrogen and oxygen atoms in total. The molecule has 1 aliphatic rings. The van der Waals surface area contributed by atoms with Gasteiger partial charge in [-0.1, -0.05) is 19.8 Å². The van der Waals surface area contributed by atoms with Gasteiger partial charge in [-0.15, -0.1) is 0 Å². The van der Waals surface area contributed by atoms with Gasteiger partial charge in [-0.3, -0.25) is 4.79 Å². The fraction of sp³-hybridized carbons (Fsp3) is 0.917. The summed E-state index contributed by atoms with van der Waals surface area (Å²) in [6.07, 6.45) is 4.69. The summed E-state index contributed by atoms with van der Waals surface area (Å²) in [4.78, 5) is 11.5. The summed E-state index contributed by atoms with van der Waals surface area (Å²) in [5, 5.41) is 5.94. The lowest BCUT2D eigenvalue weighted by Gasteiger charge is -2.11. The van der Waals surface area contributed by atoms with Crippen molar-refractivity contribution in [1.29, 1.82) is 0 Å². The first-order valence-corrected chi connectivity index (χ1v) is 8.56. The Morgan fingerprint density at radius 3 is 2.78 bits per heavy atom. The molecule has 0 aromatic heterocycles. The molecule has 1 rings (SSSR count). The zero-order chi connectivity index (χ0) is 13.4. The van der Waals surface area contributed by atoms with E-state index < -0.39 is 9.84 Å². The Bertz CT molecular complexity index is 348. The summed E-state index contributed by atoms with van der Waals surface area (Å²) in [6, 6.07) is 0.303. The number of amides is 1. The van der Waals surface area contributed by atoms with Crippen LogP contribution in [0.1, 0.15) is 39.0 Å². The van der Waals surface area contributed by atoms with Crippen LogP contribution in [0.5, 0.6) is 0 Å².